The average Bonchev–Trinajstić information content (AvgIpc) is 2.68. The molecule has 2 rings (SSSR count). The molecular formula is C13H23N3O3. The van der Waals surface area contributed by atoms with Crippen molar-refractivity contribution in [3.05, 3.63) is 0 Å². The minimum absolute atomic E-state index is 0.0367. The lowest BCUT2D eigenvalue weighted by atomic mass is 9.88. The summed E-state index contributed by atoms with van der Waals surface area (Å²) in [4.78, 5) is 13.5. The monoisotopic (exact) mass is 269 g/mol. The molecule has 108 valence electrons. The number of piperidine rings is 1. The predicted octanol–water partition coefficient (Wildman–Crippen LogP) is 1.36. The number of likely N-dealkylation sites (tertiary alicyclic amines) is 1. The van der Waals surface area contributed by atoms with Crippen LogP contribution in [0.5, 0.6) is 0 Å². The standard InChI is InChI=1S/C13H23N3O3/c1-4-18-12(17)15-14-11-9-13(19-10(11)2)5-7-16(3)8-6-13/h10H,4-9H2,1-3H3,(H,15,17)/b14-11-. The van der Waals surface area contributed by atoms with Gasteiger partial charge in [0.25, 0.3) is 0 Å². The smallest absolute Gasteiger partial charge is 0.427 e. The van der Waals surface area contributed by atoms with Gasteiger partial charge in [-0.25, -0.2) is 10.2 Å². The van der Waals surface area contributed by atoms with Crippen molar-refractivity contribution >= 4 is 11.8 Å². The lowest BCUT2D eigenvalue weighted by Gasteiger charge is -2.36. The molecule has 6 heteroatoms. The van der Waals surface area contributed by atoms with Gasteiger partial charge in [-0.15, -0.1) is 0 Å². The Kier molecular flexibility index (Phi) is 4.42. The molecule has 2 heterocycles. The van der Waals surface area contributed by atoms with Crippen LogP contribution in [0.2, 0.25) is 0 Å². The number of hydrogen-bond acceptors (Lipinski definition) is 5. The molecule has 0 saturated carbocycles. The molecule has 19 heavy (non-hydrogen) atoms. The molecule has 0 bridgehead atoms. The van der Waals surface area contributed by atoms with E-state index in [-0.39, 0.29) is 11.7 Å². The van der Waals surface area contributed by atoms with Gasteiger partial charge >= 0.3 is 6.09 Å². The molecule has 2 aliphatic rings. The molecule has 2 aliphatic heterocycles. The van der Waals surface area contributed by atoms with E-state index in [4.69, 9.17) is 9.47 Å². The second kappa shape index (κ2) is 5.88. The summed E-state index contributed by atoms with van der Waals surface area (Å²) in [7, 11) is 2.13. The Labute approximate surface area is 114 Å². The summed E-state index contributed by atoms with van der Waals surface area (Å²) < 4.78 is 10.9. The van der Waals surface area contributed by atoms with Crippen molar-refractivity contribution < 1.29 is 14.3 Å². The van der Waals surface area contributed by atoms with E-state index in [1.54, 1.807) is 6.92 Å². The molecule has 1 spiro atoms. The molecule has 1 amide bonds. The maximum atomic E-state index is 11.2. The fraction of sp³-hybridized carbons (Fsp3) is 0.846. The molecule has 0 aromatic carbocycles. The lowest BCUT2D eigenvalue weighted by Crippen LogP contribution is -2.42. The largest absolute Gasteiger partial charge is 0.449 e. The van der Waals surface area contributed by atoms with Gasteiger partial charge in [-0.2, -0.15) is 5.10 Å². The van der Waals surface area contributed by atoms with Crippen molar-refractivity contribution in [3.8, 4) is 0 Å². The van der Waals surface area contributed by atoms with E-state index in [9.17, 15) is 4.79 Å². The number of carbonyl (C=O) groups is 1. The van der Waals surface area contributed by atoms with Crippen LogP contribution in [0.25, 0.3) is 0 Å². The van der Waals surface area contributed by atoms with Gasteiger partial charge in [0.1, 0.15) is 0 Å². The Morgan fingerprint density at radius 2 is 2.26 bits per heavy atom. The first-order valence-electron chi connectivity index (χ1n) is 6.90. The topological polar surface area (TPSA) is 63.2 Å². The number of nitrogens with one attached hydrogen (secondary N) is 1. The SMILES string of the molecule is CCOC(=O)N/N=C1/CC2(CCN(C)CC2)OC1C. The van der Waals surface area contributed by atoms with Crippen LogP contribution in [-0.2, 0) is 9.47 Å². The van der Waals surface area contributed by atoms with Crippen molar-refractivity contribution in [2.45, 2.75) is 44.8 Å². The van der Waals surface area contributed by atoms with Crippen LogP contribution in [-0.4, -0.2) is 55.2 Å². The first kappa shape index (κ1) is 14.3. The zero-order valence-electron chi connectivity index (χ0n) is 11.9. The van der Waals surface area contributed by atoms with E-state index < -0.39 is 6.09 Å². The second-order valence-corrected chi connectivity index (χ2v) is 5.36. The van der Waals surface area contributed by atoms with Gasteiger partial charge < -0.3 is 14.4 Å². The quantitative estimate of drug-likeness (QED) is 0.769. The number of ether oxygens (including phenoxy) is 2. The van der Waals surface area contributed by atoms with Gasteiger partial charge in [0, 0.05) is 19.5 Å². The number of carbonyl (C=O) groups excluding carboxylic acids is 1. The Bertz CT molecular complexity index is 362. The molecule has 0 aromatic heterocycles. The Hall–Kier alpha value is -1.14. The molecule has 2 saturated heterocycles. The molecule has 6 nitrogen and oxygen atoms in total. The summed E-state index contributed by atoms with van der Waals surface area (Å²) in [6.45, 7) is 6.19. The fourth-order valence-electron chi connectivity index (χ4n) is 2.69. The zero-order valence-corrected chi connectivity index (χ0v) is 11.9. The third-order valence-corrected chi connectivity index (χ3v) is 3.86. The van der Waals surface area contributed by atoms with Gasteiger partial charge in [0.15, 0.2) is 0 Å². The van der Waals surface area contributed by atoms with E-state index in [1.807, 2.05) is 6.92 Å². The minimum Gasteiger partial charge on any atom is -0.449 e. The van der Waals surface area contributed by atoms with Crippen LogP contribution in [0.3, 0.4) is 0 Å². The number of amides is 1. The highest BCUT2D eigenvalue weighted by Crippen LogP contribution is 2.37. The normalized spacial score (nSPS) is 28.8. The second-order valence-electron chi connectivity index (χ2n) is 5.36. The number of nitrogens with zero attached hydrogens (tertiary/aromatic N) is 2. The first-order chi connectivity index (χ1) is 9.04. The van der Waals surface area contributed by atoms with Crippen LogP contribution >= 0.6 is 0 Å². The summed E-state index contributed by atoms with van der Waals surface area (Å²) in [5.41, 5.74) is 3.24. The van der Waals surface area contributed by atoms with Crippen LogP contribution in [0.4, 0.5) is 4.79 Å². The van der Waals surface area contributed by atoms with Gasteiger partial charge in [0.2, 0.25) is 0 Å². The maximum Gasteiger partial charge on any atom is 0.427 e. The Balaban J connectivity index is 1.93. The Morgan fingerprint density at radius 3 is 2.89 bits per heavy atom. The third-order valence-electron chi connectivity index (χ3n) is 3.86. The van der Waals surface area contributed by atoms with E-state index in [1.165, 1.54) is 0 Å². The number of hydrazone groups is 1. The summed E-state index contributed by atoms with van der Waals surface area (Å²) in [6, 6.07) is 0. The van der Waals surface area contributed by atoms with Gasteiger partial charge in [-0.1, -0.05) is 0 Å². The molecule has 0 aromatic rings. The highest BCUT2D eigenvalue weighted by molar-refractivity contribution is 5.91. The molecule has 1 N–H and O–H groups in total. The summed E-state index contributed by atoms with van der Waals surface area (Å²) in [5, 5.41) is 4.14. The average molecular weight is 269 g/mol. The summed E-state index contributed by atoms with van der Waals surface area (Å²) >= 11 is 0. The van der Waals surface area contributed by atoms with Crippen LogP contribution in [0, 0.1) is 0 Å². The van der Waals surface area contributed by atoms with Crippen molar-refractivity contribution in [2.75, 3.05) is 26.7 Å². The molecule has 0 aliphatic carbocycles. The maximum absolute atomic E-state index is 11.2. The summed E-state index contributed by atoms with van der Waals surface area (Å²) in [5.74, 6) is 0. The van der Waals surface area contributed by atoms with Gasteiger partial charge in [-0.05, 0) is 33.7 Å². The van der Waals surface area contributed by atoms with E-state index in [0.717, 1.165) is 38.1 Å². The highest BCUT2D eigenvalue weighted by Gasteiger charge is 2.44. The predicted molar refractivity (Wildman–Crippen MR) is 72.2 cm³/mol. The lowest BCUT2D eigenvalue weighted by molar-refractivity contribution is -0.0656. The van der Waals surface area contributed by atoms with E-state index in [0.29, 0.717) is 6.61 Å². The van der Waals surface area contributed by atoms with E-state index >= 15 is 0 Å². The molecular weight excluding hydrogens is 246 g/mol. The van der Waals surface area contributed by atoms with Crippen molar-refractivity contribution in [2.24, 2.45) is 5.10 Å². The van der Waals surface area contributed by atoms with Crippen LogP contribution < -0.4 is 5.43 Å². The third kappa shape index (κ3) is 3.45. The molecule has 1 unspecified atom stereocenters. The fourth-order valence-corrected chi connectivity index (χ4v) is 2.69. The minimum atomic E-state index is -0.508. The molecule has 2 fully saturated rings. The van der Waals surface area contributed by atoms with E-state index in [2.05, 4.69) is 22.5 Å². The number of hydrogen-bond donors (Lipinski definition) is 1. The summed E-state index contributed by atoms with van der Waals surface area (Å²) in [6.07, 6.45) is 2.30. The van der Waals surface area contributed by atoms with Gasteiger partial charge in [-0.3, -0.25) is 0 Å². The van der Waals surface area contributed by atoms with Crippen molar-refractivity contribution in [1.82, 2.24) is 10.3 Å². The number of rotatable bonds is 2. The van der Waals surface area contributed by atoms with Crippen LogP contribution in [0.1, 0.15) is 33.1 Å². The van der Waals surface area contributed by atoms with Crippen LogP contribution in [0.15, 0.2) is 5.10 Å². The molecule has 1 atom stereocenters. The first-order valence-corrected chi connectivity index (χ1v) is 6.90. The molecule has 0 radical (unpaired) electrons. The van der Waals surface area contributed by atoms with Gasteiger partial charge in [0.05, 0.1) is 24.0 Å². The van der Waals surface area contributed by atoms with Crippen molar-refractivity contribution in [1.29, 1.82) is 0 Å². The van der Waals surface area contributed by atoms with Crippen molar-refractivity contribution in [3.63, 3.8) is 0 Å². The highest BCUT2D eigenvalue weighted by atomic mass is 16.6. The Morgan fingerprint density at radius 1 is 1.58 bits per heavy atom. The zero-order chi connectivity index (χ0) is 13.9.